The Bertz CT molecular complexity index is 512. The number of nitrogens with one attached hydrogen (secondary N) is 2. The van der Waals surface area contributed by atoms with E-state index in [1.807, 2.05) is 13.2 Å². The summed E-state index contributed by atoms with van der Waals surface area (Å²) < 4.78 is 32.2. The van der Waals surface area contributed by atoms with Crippen molar-refractivity contribution in [2.75, 3.05) is 25.1 Å². The molecule has 1 aromatic heterocycles. The van der Waals surface area contributed by atoms with Gasteiger partial charge in [0.25, 0.3) is 10.0 Å². The molecule has 0 fully saturated rings. The Kier molecular flexibility index (Phi) is 7.79. The molecule has 0 saturated carbocycles. The molecule has 21 heavy (non-hydrogen) atoms. The van der Waals surface area contributed by atoms with Crippen LogP contribution in [0.4, 0.5) is 0 Å². The fourth-order valence-electron chi connectivity index (χ4n) is 1.75. The van der Waals surface area contributed by atoms with E-state index in [0.29, 0.717) is 24.8 Å². The van der Waals surface area contributed by atoms with E-state index in [-0.39, 0.29) is 11.0 Å². The SMILES string of the molecule is CSCC(C)CNS(=O)(=O)c1ccc(CNCC(C)C)o1. The second kappa shape index (κ2) is 8.82. The number of thioether (sulfide) groups is 1. The van der Waals surface area contributed by atoms with E-state index in [0.717, 1.165) is 12.3 Å². The van der Waals surface area contributed by atoms with Crippen LogP contribution in [-0.2, 0) is 16.6 Å². The highest BCUT2D eigenvalue weighted by molar-refractivity contribution is 7.98. The lowest BCUT2D eigenvalue weighted by Gasteiger charge is -2.10. The molecule has 0 aliphatic heterocycles. The van der Waals surface area contributed by atoms with E-state index in [9.17, 15) is 8.42 Å². The third kappa shape index (κ3) is 6.86. The van der Waals surface area contributed by atoms with Crippen LogP contribution in [0.25, 0.3) is 0 Å². The molecule has 122 valence electrons. The number of hydrogen-bond donors (Lipinski definition) is 2. The van der Waals surface area contributed by atoms with Crippen molar-refractivity contribution in [3.8, 4) is 0 Å². The molecular weight excluding hydrogens is 308 g/mol. The summed E-state index contributed by atoms with van der Waals surface area (Å²) in [5.41, 5.74) is 0. The Morgan fingerprint density at radius 1 is 1.24 bits per heavy atom. The molecule has 1 rings (SSSR count). The molecule has 0 aromatic carbocycles. The molecule has 0 amide bonds. The summed E-state index contributed by atoms with van der Waals surface area (Å²) in [7, 11) is -3.55. The molecular formula is C14H26N2O3S2. The maximum atomic E-state index is 12.1. The zero-order valence-electron chi connectivity index (χ0n) is 13.2. The van der Waals surface area contributed by atoms with Crippen molar-refractivity contribution < 1.29 is 12.8 Å². The van der Waals surface area contributed by atoms with Crippen LogP contribution in [0.1, 0.15) is 26.5 Å². The minimum atomic E-state index is -3.55. The highest BCUT2D eigenvalue weighted by atomic mass is 32.2. The van der Waals surface area contributed by atoms with Gasteiger partial charge in [-0.1, -0.05) is 20.8 Å². The molecule has 0 aliphatic carbocycles. The molecule has 0 bridgehead atoms. The first-order valence-electron chi connectivity index (χ1n) is 7.13. The van der Waals surface area contributed by atoms with Gasteiger partial charge in [-0.2, -0.15) is 11.8 Å². The van der Waals surface area contributed by atoms with Crippen molar-refractivity contribution in [3.05, 3.63) is 17.9 Å². The average molecular weight is 335 g/mol. The van der Waals surface area contributed by atoms with Crippen molar-refractivity contribution in [2.24, 2.45) is 11.8 Å². The first-order chi connectivity index (χ1) is 9.85. The second-order valence-corrected chi connectivity index (χ2v) is 8.27. The van der Waals surface area contributed by atoms with Gasteiger partial charge in [-0.05, 0) is 42.5 Å². The van der Waals surface area contributed by atoms with E-state index >= 15 is 0 Å². The maximum absolute atomic E-state index is 12.1. The smallest absolute Gasteiger partial charge is 0.273 e. The quantitative estimate of drug-likeness (QED) is 0.687. The number of sulfonamides is 1. The molecule has 5 nitrogen and oxygen atoms in total. The monoisotopic (exact) mass is 334 g/mol. The van der Waals surface area contributed by atoms with Gasteiger partial charge in [0.2, 0.25) is 5.09 Å². The minimum Gasteiger partial charge on any atom is -0.447 e. The van der Waals surface area contributed by atoms with Crippen LogP contribution in [0, 0.1) is 11.8 Å². The van der Waals surface area contributed by atoms with E-state index in [4.69, 9.17) is 4.42 Å². The van der Waals surface area contributed by atoms with Gasteiger partial charge in [0.15, 0.2) is 0 Å². The van der Waals surface area contributed by atoms with E-state index in [2.05, 4.69) is 23.9 Å². The van der Waals surface area contributed by atoms with E-state index < -0.39 is 10.0 Å². The first kappa shape index (κ1) is 18.5. The lowest BCUT2D eigenvalue weighted by Crippen LogP contribution is -2.29. The van der Waals surface area contributed by atoms with Gasteiger partial charge < -0.3 is 9.73 Å². The van der Waals surface area contributed by atoms with E-state index in [1.54, 1.807) is 17.8 Å². The predicted molar refractivity (Wildman–Crippen MR) is 88.0 cm³/mol. The van der Waals surface area contributed by atoms with Gasteiger partial charge in [0.05, 0.1) is 6.54 Å². The highest BCUT2D eigenvalue weighted by Gasteiger charge is 2.19. The van der Waals surface area contributed by atoms with Gasteiger partial charge in [-0.25, -0.2) is 13.1 Å². The molecule has 7 heteroatoms. The fraction of sp³-hybridized carbons (Fsp3) is 0.714. The van der Waals surface area contributed by atoms with Crippen molar-refractivity contribution in [2.45, 2.75) is 32.4 Å². The Morgan fingerprint density at radius 3 is 2.57 bits per heavy atom. The lowest BCUT2D eigenvalue weighted by molar-refractivity contribution is 0.394. The lowest BCUT2D eigenvalue weighted by atomic mass is 10.2. The number of rotatable bonds is 10. The van der Waals surface area contributed by atoms with Crippen LogP contribution in [0.5, 0.6) is 0 Å². The van der Waals surface area contributed by atoms with Crippen LogP contribution in [0.2, 0.25) is 0 Å². The molecule has 0 saturated heterocycles. The summed E-state index contributed by atoms with van der Waals surface area (Å²) in [4.78, 5) is 0. The Labute approximate surface area is 132 Å². The zero-order valence-corrected chi connectivity index (χ0v) is 14.8. The molecule has 1 unspecified atom stereocenters. The predicted octanol–water partition coefficient (Wildman–Crippen LogP) is 2.30. The summed E-state index contributed by atoms with van der Waals surface area (Å²) >= 11 is 1.71. The first-order valence-corrected chi connectivity index (χ1v) is 10.0. The summed E-state index contributed by atoms with van der Waals surface area (Å²) in [6.07, 6.45) is 2.01. The standard InChI is InChI=1S/C14H26N2O3S2/c1-11(2)7-15-9-13-5-6-14(19-13)21(17,18)16-8-12(3)10-20-4/h5-6,11-12,15-16H,7-10H2,1-4H3. The zero-order chi connectivity index (χ0) is 15.9. The van der Waals surface area contributed by atoms with E-state index in [1.165, 1.54) is 6.07 Å². The Morgan fingerprint density at radius 2 is 1.95 bits per heavy atom. The maximum Gasteiger partial charge on any atom is 0.273 e. The molecule has 0 spiro atoms. The van der Waals surface area contributed by atoms with Gasteiger partial charge >= 0.3 is 0 Å². The summed E-state index contributed by atoms with van der Waals surface area (Å²) in [6.45, 7) is 8.08. The third-order valence-corrected chi connectivity index (χ3v) is 5.02. The van der Waals surface area contributed by atoms with Crippen LogP contribution in [-0.4, -0.2) is 33.5 Å². The average Bonchev–Trinajstić information content (AvgIpc) is 2.86. The summed E-state index contributed by atoms with van der Waals surface area (Å²) in [5, 5.41) is 3.21. The van der Waals surface area contributed by atoms with Gasteiger partial charge in [-0.3, -0.25) is 0 Å². The summed E-state index contributed by atoms with van der Waals surface area (Å²) in [6, 6.07) is 3.21. The minimum absolute atomic E-state index is 0.0137. The van der Waals surface area contributed by atoms with Crippen LogP contribution >= 0.6 is 11.8 Å². The van der Waals surface area contributed by atoms with Gasteiger partial charge in [-0.15, -0.1) is 0 Å². The van der Waals surface area contributed by atoms with Crippen LogP contribution < -0.4 is 10.0 Å². The molecule has 2 N–H and O–H groups in total. The van der Waals surface area contributed by atoms with Crippen molar-refractivity contribution in [1.29, 1.82) is 0 Å². The summed E-state index contributed by atoms with van der Waals surface area (Å²) in [5.74, 6) is 2.39. The van der Waals surface area contributed by atoms with Crippen molar-refractivity contribution in [1.82, 2.24) is 10.0 Å². The van der Waals surface area contributed by atoms with Gasteiger partial charge in [0, 0.05) is 6.54 Å². The van der Waals surface area contributed by atoms with Crippen molar-refractivity contribution >= 4 is 21.8 Å². The molecule has 1 heterocycles. The number of furan rings is 1. The molecule has 0 aliphatic rings. The fourth-order valence-corrected chi connectivity index (χ4v) is 3.55. The second-order valence-electron chi connectivity index (χ2n) is 5.66. The Balaban J connectivity index is 2.53. The normalized spacial score (nSPS) is 13.8. The third-order valence-electron chi connectivity index (χ3n) is 2.83. The topological polar surface area (TPSA) is 71.3 Å². The molecule has 1 atom stereocenters. The Hall–Kier alpha value is -0.500. The molecule has 1 aromatic rings. The van der Waals surface area contributed by atoms with Crippen LogP contribution in [0.3, 0.4) is 0 Å². The number of hydrogen-bond acceptors (Lipinski definition) is 5. The molecule has 0 radical (unpaired) electrons. The van der Waals surface area contributed by atoms with Gasteiger partial charge in [0.1, 0.15) is 5.76 Å². The van der Waals surface area contributed by atoms with Crippen molar-refractivity contribution in [3.63, 3.8) is 0 Å². The highest BCUT2D eigenvalue weighted by Crippen LogP contribution is 2.14. The van der Waals surface area contributed by atoms with Crippen LogP contribution in [0.15, 0.2) is 21.6 Å². The largest absolute Gasteiger partial charge is 0.447 e.